The van der Waals surface area contributed by atoms with Gasteiger partial charge in [0, 0.05) is 10.6 Å². The lowest BCUT2D eigenvalue weighted by molar-refractivity contribution is -0.115. The van der Waals surface area contributed by atoms with Crippen molar-refractivity contribution in [2.24, 2.45) is 0 Å². The third-order valence-electron chi connectivity index (χ3n) is 4.19. The molecule has 0 saturated heterocycles. The topological polar surface area (TPSA) is 98.6 Å². The Bertz CT molecular complexity index is 1110. The van der Waals surface area contributed by atoms with Crippen molar-refractivity contribution in [1.29, 1.82) is 5.26 Å². The van der Waals surface area contributed by atoms with E-state index in [0.717, 1.165) is 15.3 Å². The van der Waals surface area contributed by atoms with E-state index in [4.69, 9.17) is 5.26 Å². The molecule has 0 spiro atoms. The minimum Gasteiger partial charge on any atom is -0.325 e. The van der Waals surface area contributed by atoms with Crippen LogP contribution in [-0.2, 0) is 10.5 Å². The van der Waals surface area contributed by atoms with E-state index in [1.54, 1.807) is 31.2 Å². The Morgan fingerprint density at radius 3 is 2.96 bits per heavy atom. The molecule has 1 atom stereocenters. The van der Waals surface area contributed by atoms with Gasteiger partial charge in [-0.15, -0.1) is 23.1 Å². The van der Waals surface area contributed by atoms with Crippen molar-refractivity contribution < 1.29 is 4.79 Å². The van der Waals surface area contributed by atoms with Crippen LogP contribution in [0.3, 0.4) is 0 Å². The molecule has 0 aliphatic carbocycles. The lowest BCUT2D eigenvalue weighted by Gasteiger charge is -2.12. The molecular formula is C19H18N4O2S2. The van der Waals surface area contributed by atoms with Crippen LogP contribution in [0.1, 0.15) is 28.8 Å². The van der Waals surface area contributed by atoms with E-state index in [1.165, 1.54) is 23.1 Å². The fraction of sp³-hybridized carbons (Fsp3) is 0.263. The van der Waals surface area contributed by atoms with Gasteiger partial charge in [0.15, 0.2) is 0 Å². The number of thiophene rings is 1. The fourth-order valence-electron chi connectivity index (χ4n) is 2.56. The molecule has 3 aromatic rings. The average molecular weight is 399 g/mol. The van der Waals surface area contributed by atoms with Gasteiger partial charge in [-0.3, -0.25) is 9.59 Å². The van der Waals surface area contributed by atoms with E-state index < -0.39 is 0 Å². The van der Waals surface area contributed by atoms with Crippen molar-refractivity contribution in [2.75, 3.05) is 5.32 Å². The highest BCUT2D eigenvalue weighted by molar-refractivity contribution is 7.99. The third-order valence-corrected chi connectivity index (χ3v) is 6.44. The van der Waals surface area contributed by atoms with Gasteiger partial charge in [-0.05, 0) is 44.5 Å². The minimum atomic E-state index is -0.344. The molecule has 0 radical (unpaired) electrons. The standard InChI is InChI=1S/C19H18N4O2S2/c1-10-11(2)27-19-16(10)18(25)22-15(23-19)9-26-12(3)17(24)21-14-6-4-5-13(7-14)8-20/h4-7,12H,9H2,1-3H3,(H,21,24)(H,22,23,25)/t12-/m0/s1. The molecule has 0 unspecified atom stereocenters. The molecule has 2 N–H and O–H groups in total. The normalized spacial score (nSPS) is 11.9. The predicted molar refractivity (Wildman–Crippen MR) is 110 cm³/mol. The van der Waals surface area contributed by atoms with Crippen LogP contribution >= 0.6 is 23.1 Å². The van der Waals surface area contributed by atoms with Crippen molar-refractivity contribution >= 4 is 44.9 Å². The summed E-state index contributed by atoms with van der Waals surface area (Å²) in [6.07, 6.45) is 0. The maximum absolute atomic E-state index is 12.4. The van der Waals surface area contributed by atoms with Gasteiger partial charge in [0.2, 0.25) is 5.91 Å². The van der Waals surface area contributed by atoms with Gasteiger partial charge in [-0.1, -0.05) is 6.07 Å². The SMILES string of the molecule is Cc1sc2nc(CS[C@@H](C)C(=O)Nc3cccc(C#N)c3)[nH]c(=O)c2c1C. The van der Waals surface area contributed by atoms with Crippen LogP contribution in [0.15, 0.2) is 29.1 Å². The first-order valence-corrected chi connectivity index (χ1v) is 10.2. The molecule has 8 heteroatoms. The summed E-state index contributed by atoms with van der Waals surface area (Å²) in [6, 6.07) is 8.82. The Labute approximate surface area is 164 Å². The zero-order chi connectivity index (χ0) is 19.6. The number of hydrogen-bond acceptors (Lipinski definition) is 6. The van der Waals surface area contributed by atoms with Gasteiger partial charge in [0.1, 0.15) is 10.7 Å². The van der Waals surface area contributed by atoms with Crippen LogP contribution < -0.4 is 10.9 Å². The van der Waals surface area contributed by atoms with Crippen molar-refractivity contribution in [3.05, 3.63) is 56.4 Å². The Kier molecular flexibility index (Phi) is 5.63. The molecular weight excluding hydrogens is 380 g/mol. The van der Waals surface area contributed by atoms with Crippen LogP contribution in [0, 0.1) is 25.2 Å². The van der Waals surface area contributed by atoms with Gasteiger partial charge >= 0.3 is 0 Å². The summed E-state index contributed by atoms with van der Waals surface area (Å²) in [4.78, 5) is 33.8. The van der Waals surface area contributed by atoms with Crippen molar-refractivity contribution in [1.82, 2.24) is 9.97 Å². The molecule has 0 saturated carbocycles. The smallest absolute Gasteiger partial charge is 0.259 e. The molecule has 3 rings (SSSR count). The second-order valence-corrected chi connectivity index (χ2v) is 8.64. The lowest BCUT2D eigenvalue weighted by Crippen LogP contribution is -2.23. The summed E-state index contributed by atoms with van der Waals surface area (Å²) in [6.45, 7) is 5.70. The lowest BCUT2D eigenvalue weighted by atomic mass is 10.2. The summed E-state index contributed by atoms with van der Waals surface area (Å²) in [5.41, 5.74) is 1.91. The number of nitriles is 1. The monoisotopic (exact) mass is 398 g/mol. The number of amides is 1. The highest BCUT2D eigenvalue weighted by atomic mass is 32.2. The molecule has 0 fully saturated rings. The zero-order valence-electron chi connectivity index (χ0n) is 15.1. The number of nitrogens with one attached hydrogen (secondary N) is 2. The van der Waals surface area contributed by atoms with E-state index >= 15 is 0 Å². The quantitative estimate of drug-likeness (QED) is 0.682. The number of aromatic amines is 1. The minimum absolute atomic E-state index is 0.136. The largest absolute Gasteiger partial charge is 0.325 e. The highest BCUT2D eigenvalue weighted by Crippen LogP contribution is 2.26. The van der Waals surface area contributed by atoms with Crippen molar-refractivity contribution in [3.8, 4) is 6.07 Å². The second-order valence-electron chi connectivity index (χ2n) is 6.11. The van der Waals surface area contributed by atoms with Gasteiger partial charge in [0.05, 0.1) is 28.0 Å². The zero-order valence-corrected chi connectivity index (χ0v) is 16.8. The summed E-state index contributed by atoms with van der Waals surface area (Å²) in [5, 5.41) is 12.0. The summed E-state index contributed by atoms with van der Waals surface area (Å²) >= 11 is 2.90. The van der Waals surface area contributed by atoms with Crippen molar-refractivity contribution in [2.45, 2.75) is 31.8 Å². The number of anilines is 1. The number of H-pyrrole nitrogens is 1. The molecule has 0 aliphatic heterocycles. The van der Waals surface area contributed by atoms with E-state index in [-0.39, 0.29) is 16.7 Å². The molecule has 2 aromatic heterocycles. The predicted octanol–water partition coefficient (Wildman–Crippen LogP) is 3.73. The summed E-state index contributed by atoms with van der Waals surface area (Å²) in [7, 11) is 0. The number of aromatic nitrogens is 2. The number of nitrogens with zero attached hydrogens (tertiary/aromatic N) is 2. The maximum Gasteiger partial charge on any atom is 0.259 e. The highest BCUT2D eigenvalue weighted by Gasteiger charge is 2.16. The molecule has 6 nitrogen and oxygen atoms in total. The number of fused-ring (bicyclic) bond motifs is 1. The number of rotatable bonds is 5. The van der Waals surface area contributed by atoms with Gasteiger partial charge in [0.25, 0.3) is 5.56 Å². The van der Waals surface area contributed by atoms with Crippen LogP contribution in [0.4, 0.5) is 5.69 Å². The number of carbonyl (C=O) groups excluding carboxylic acids is 1. The Morgan fingerprint density at radius 1 is 1.44 bits per heavy atom. The number of carbonyl (C=O) groups is 1. The number of hydrogen-bond donors (Lipinski definition) is 2. The molecule has 27 heavy (non-hydrogen) atoms. The summed E-state index contributed by atoms with van der Waals surface area (Å²) in [5.74, 6) is 0.819. The molecule has 138 valence electrons. The van der Waals surface area contributed by atoms with Gasteiger partial charge in [-0.2, -0.15) is 5.26 Å². The number of benzene rings is 1. The Morgan fingerprint density at radius 2 is 2.22 bits per heavy atom. The van der Waals surface area contributed by atoms with Crippen LogP contribution in [0.25, 0.3) is 10.2 Å². The second kappa shape index (κ2) is 7.94. The van der Waals surface area contributed by atoms with Crippen LogP contribution in [0.5, 0.6) is 0 Å². The average Bonchev–Trinajstić information content (AvgIpc) is 2.94. The molecule has 0 bridgehead atoms. The van der Waals surface area contributed by atoms with E-state index in [2.05, 4.69) is 15.3 Å². The van der Waals surface area contributed by atoms with Gasteiger partial charge in [-0.25, -0.2) is 4.98 Å². The number of thioether (sulfide) groups is 1. The first-order chi connectivity index (χ1) is 12.9. The first kappa shape index (κ1) is 19.1. The summed E-state index contributed by atoms with van der Waals surface area (Å²) < 4.78 is 0. The van der Waals surface area contributed by atoms with Gasteiger partial charge < -0.3 is 10.3 Å². The Balaban J connectivity index is 1.67. The maximum atomic E-state index is 12.4. The molecule has 1 amide bonds. The van der Waals surface area contributed by atoms with E-state index in [1.807, 2.05) is 19.9 Å². The third kappa shape index (κ3) is 4.21. The first-order valence-electron chi connectivity index (χ1n) is 8.30. The number of aryl methyl sites for hydroxylation is 2. The van der Waals surface area contributed by atoms with Crippen molar-refractivity contribution in [3.63, 3.8) is 0 Å². The molecule has 1 aromatic carbocycles. The molecule has 2 heterocycles. The van der Waals surface area contributed by atoms with Crippen LogP contribution in [0.2, 0.25) is 0 Å². The Hall–Kier alpha value is -2.63. The van der Waals surface area contributed by atoms with E-state index in [0.29, 0.717) is 28.2 Å². The van der Waals surface area contributed by atoms with Crippen LogP contribution in [-0.4, -0.2) is 21.1 Å². The fourth-order valence-corrected chi connectivity index (χ4v) is 4.36. The molecule has 0 aliphatic rings. The van der Waals surface area contributed by atoms with E-state index in [9.17, 15) is 9.59 Å².